The fourth-order valence-corrected chi connectivity index (χ4v) is 6.99. The summed E-state index contributed by atoms with van der Waals surface area (Å²) in [4.78, 5) is 31.7. The van der Waals surface area contributed by atoms with Gasteiger partial charge in [-0.1, -0.05) is 11.4 Å². The zero-order valence-electron chi connectivity index (χ0n) is 31.0. The van der Waals surface area contributed by atoms with E-state index in [2.05, 4.69) is 9.74 Å². The van der Waals surface area contributed by atoms with Crippen LogP contribution in [-0.2, 0) is 38.5 Å². The van der Waals surface area contributed by atoms with E-state index in [1.54, 1.807) is 6.07 Å². The lowest BCUT2D eigenvalue weighted by molar-refractivity contribution is -0.199. The number of methoxy groups -OCH3 is 2. The maximum atomic E-state index is 14.3. The van der Waals surface area contributed by atoms with Crippen molar-refractivity contribution in [2.75, 3.05) is 64.7 Å². The van der Waals surface area contributed by atoms with Crippen molar-refractivity contribution in [3.05, 3.63) is 59.0 Å². The number of hydrogen-bond acceptors (Lipinski definition) is 12. The Kier molecular flexibility index (Phi) is 13.1. The van der Waals surface area contributed by atoms with Crippen LogP contribution < -0.4 is 33.8 Å². The molecule has 1 aliphatic rings. The van der Waals surface area contributed by atoms with Crippen LogP contribution in [-0.4, -0.2) is 94.9 Å². The van der Waals surface area contributed by atoms with E-state index in [-0.39, 0.29) is 32.8 Å². The Morgan fingerprint density at radius 3 is 2.07 bits per heavy atom. The van der Waals surface area contributed by atoms with Gasteiger partial charge in [0, 0.05) is 57.5 Å². The quantitative estimate of drug-likeness (QED) is 0.102. The molecular formula is C36H43F3N4O11S. The summed E-state index contributed by atoms with van der Waals surface area (Å²) < 4.78 is 106. The minimum Gasteiger partial charge on any atom is -0.493 e. The number of morpholine rings is 1. The highest BCUT2D eigenvalue weighted by Crippen LogP contribution is 2.42. The number of carbonyl (C=O) groups excluding carboxylic acids is 1. The van der Waals surface area contributed by atoms with Gasteiger partial charge in [-0.2, -0.15) is 21.6 Å². The smallest absolute Gasteiger partial charge is 0.493 e. The van der Waals surface area contributed by atoms with Crippen molar-refractivity contribution in [2.24, 2.45) is 14.1 Å². The second-order valence-electron chi connectivity index (χ2n) is 12.4. The van der Waals surface area contributed by atoms with Gasteiger partial charge in [-0.25, -0.2) is 9.59 Å². The van der Waals surface area contributed by atoms with Gasteiger partial charge in [-0.3, -0.25) is 14.0 Å². The summed E-state index contributed by atoms with van der Waals surface area (Å²) in [5, 5.41) is 0. The van der Waals surface area contributed by atoms with E-state index in [9.17, 15) is 31.2 Å². The van der Waals surface area contributed by atoms with Gasteiger partial charge in [0.15, 0.2) is 17.2 Å². The number of carbonyl (C=O) groups is 1. The van der Waals surface area contributed by atoms with Crippen molar-refractivity contribution < 1.29 is 59.6 Å². The van der Waals surface area contributed by atoms with Crippen LogP contribution >= 0.6 is 0 Å². The molecule has 0 N–H and O–H groups in total. The van der Waals surface area contributed by atoms with E-state index in [4.69, 9.17) is 28.4 Å². The molecule has 0 bridgehead atoms. The highest BCUT2D eigenvalue weighted by molar-refractivity contribution is 7.92. The topological polar surface area (TPSA) is 149 Å². The number of aromatic nitrogens is 2. The maximum Gasteiger partial charge on any atom is 0.493 e. The molecule has 0 unspecified atom stereocenters. The minimum absolute atomic E-state index is 0.0315. The maximum absolute atomic E-state index is 14.3. The number of rotatable bonds is 17. The SMILES string of the molecule is CCCOc1cc(OCCCCN2CCOCC2)cc(Oc2cc3c(cc2N(OC(=O)C(F)(F)F)S(=O)(=O)c2ccc(OC)c(OC)c2)n(C)c(=O)n3C)c1. The van der Waals surface area contributed by atoms with Gasteiger partial charge in [0.1, 0.15) is 22.9 Å². The summed E-state index contributed by atoms with van der Waals surface area (Å²) in [6.45, 7) is 6.60. The molecule has 1 aliphatic heterocycles. The fourth-order valence-electron chi connectivity index (χ4n) is 5.74. The Morgan fingerprint density at radius 1 is 0.836 bits per heavy atom. The summed E-state index contributed by atoms with van der Waals surface area (Å²) in [6.07, 6.45) is -3.35. The van der Waals surface area contributed by atoms with E-state index < -0.39 is 44.2 Å². The average molecular weight is 797 g/mol. The molecule has 19 heteroatoms. The molecule has 2 heterocycles. The Morgan fingerprint density at radius 2 is 1.45 bits per heavy atom. The lowest BCUT2D eigenvalue weighted by Gasteiger charge is -2.26. The van der Waals surface area contributed by atoms with Crippen LogP contribution in [0.2, 0.25) is 0 Å². The highest BCUT2D eigenvalue weighted by atomic mass is 32.2. The molecule has 5 rings (SSSR count). The molecule has 0 saturated carbocycles. The van der Waals surface area contributed by atoms with Gasteiger partial charge in [-0.15, -0.1) is 0 Å². The Labute approximate surface area is 315 Å². The Bertz CT molecular complexity index is 2150. The zero-order chi connectivity index (χ0) is 39.9. The second-order valence-corrected chi connectivity index (χ2v) is 14.2. The van der Waals surface area contributed by atoms with Gasteiger partial charge in [0.2, 0.25) is 0 Å². The number of benzene rings is 3. The summed E-state index contributed by atoms with van der Waals surface area (Å²) in [7, 11) is 0.155. The van der Waals surface area contributed by atoms with Gasteiger partial charge in [0.25, 0.3) is 10.0 Å². The molecule has 1 fully saturated rings. The fraction of sp³-hybridized carbons (Fsp3) is 0.444. The molecule has 0 aliphatic carbocycles. The number of sulfonamides is 1. The van der Waals surface area contributed by atoms with E-state index in [1.165, 1.54) is 57.1 Å². The van der Waals surface area contributed by atoms with Crippen LogP contribution in [0.5, 0.6) is 34.5 Å². The molecule has 0 spiro atoms. The molecule has 0 radical (unpaired) electrons. The van der Waals surface area contributed by atoms with Gasteiger partial charge in [0.05, 0.1) is 56.6 Å². The first-order valence-electron chi connectivity index (χ1n) is 17.3. The van der Waals surface area contributed by atoms with E-state index in [0.29, 0.717) is 44.3 Å². The van der Waals surface area contributed by atoms with E-state index >= 15 is 0 Å². The predicted molar refractivity (Wildman–Crippen MR) is 194 cm³/mol. The van der Waals surface area contributed by atoms with Crippen molar-refractivity contribution >= 4 is 32.7 Å². The summed E-state index contributed by atoms with van der Waals surface area (Å²) >= 11 is 0. The first kappa shape index (κ1) is 41.0. The molecule has 1 saturated heterocycles. The van der Waals surface area contributed by atoms with Crippen molar-refractivity contribution in [3.8, 4) is 34.5 Å². The monoisotopic (exact) mass is 796 g/mol. The first-order chi connectivity index (χ1) is 26.2. The van der Waals surface area contributed by atoms with Crippen molar-refractivity contribution in [3.63, 3.8) is 0 Å². The lowest BCUT2D eigenvalue weighted by Crippen LogP contribution is -2.39. The zero-order valence-corrected chi connectivity index (χ0v) is 31.8. The molecule has 55 heavy (non-hydrogen) atoms. The number of aryl methyl sites for hydroxylation is 2. The normalized spacial score (nSPS) is 13.7. The average Bonchev–Trinajstić information content (AvgIpc) is 3.37. The molecule has 1 aromatic heterocycles. The standard InChI is InChI=1S/C36H43F3N4O11S/c1-6-14-51-24-18-25(52-15-8-7-11-42-12-16-50-17-13-42)20-26(19-24)53-32-23-29-28(40(2)35(45)41(29)3)22-30(32)43(54-34(44)36(37,38)39)55(46,47)27-9-10-31(48-4)33(21-27)49-5/h9-10,18-23H,6-8,11-17H2,1-5H3. The summed E-state index contributed by atoms with van der Waals surface area (Å²) in [5.74, 6) is -2.52. The molecule has 4 aromatic rings. The number of ether oxygens (including phenoxy) is 6. The van der Waals surface area contributed by atoms with Crippen LogP contribution in [0.15, 0.2) is 58.2 Å². The molecular weight excluding hydrogens is 753 g/mol. The summed E-state index contributed by atoms with van der Waals surface area (Å²) in [6, 6.07) is 10.2. The van der Waals surface area contributed by atoms with E-state index in [0.717, 1.165) is 55.2 Å². The van der Waals surface area contributed by atoms with Gasteiger partial charge >= 0.3 is 17.8 Å². The van der Waals surface area contributed by atoms with Gasteiger partial charge in [-0.05, 0) is 44.0 Å². The van der Waals surface area contributed by atoms with Crippen LogP contribution in [0.3, 0.4) is 0 Å². The van der Waals surface area contributed by atoms with E-state index in [1.807, 2.05) is 6.92 Å². The molecule has 300 valence electrons. The highest BCUT2D eigenvalue weighted by Gasteiger charge is 2.46. The van der Waals surface area contributed by atoms with Crippen LogP contribution in [0.4, 0.5) is 18.9 Å². The Hall–Kier alpha value is -5.14. The van der Waals surface area contributed by atoms with Crippen LogP contribution in [0, 0.1) is 0 Å². The van der Waals surface area contributed by atoms with Crippen molar-refractivity contribution in [1.82, 2.24) is 14.0 Å². The molecule has 3 aromatic carbocycles. The number of anilines is 1. The molecule has 0 amide bonds. The third-order valence-corrected chi connectivity index (χ3v) is 10.2. The van der Waals surface area contributed by atoms with Crippen LogP contribution in [0.1, 0.15) is 26.2 Å². The molecule has 0 atom stereocenters. The largest absolute Gasteiger partial charge is 0.493 e. The third-order valence-electron chi connectivity index (χ3n) is 8.61. The number of alkyl halides is 3. The number of unbranched alkanes of at least 4 members (excludes halogenated alkanes) is 1. The summed E-state index contributed by atoms with van der Waals surface area (Å²) in [5.41, 5.74) is -0.927. The first-order valence-corrected chi connectivity index (χ1v) is 18.8. The number of imidazole rings is 1. The number of halogens is 3. The predicted octanol–water partition coefficient (Wildman–Crippen LogP) is 5.18. The third kappa shape index (κ3) is 9.57. The molecule has 15 nitrogen and oxygen atoms in total. The van der Waals surface area contributed by atoms with Gasteiger partial charge < -0.3 is 33.3 Å². The number of fused-ring (bicyclic) bond motifs is 1. The number of hydrogen-bond donors (Lipinski definition) is 0. The Balaban J connectivity index is 1.59. The van der Waals surface area contributed by atoms with Crippen molar-refractivity contribution in [1.29, 1.82) is 0 Å². The van der Waals surface area contributed by atoms with Crippen LogP contribution in [0.25, 0.3) is 11.0 Å². The lowest BCUT2D eigenvalue weighted by atomic mass is 10.2. The van der Waals surface area contributed by atoms with Crippen molar-refractivity contribution in [2.45, 2.75) is 37.3 Å². The number of nitrogens with zero attached hydrogens (tertiary/aromatic N) is 4. The second kappa shape index (κ2) is 17.5. The minimum atomic E-state index is -5.62.